The molecule has 0 aliphatic heterocycles. The molecule has 0 saturated heterocycles. The second-order valence-electron chi connectivity index (χ2n) is 4.94. The molecule has 7 nitrogen and oxygen atoms in total. The highest BCUT2D eigenvalue weighted by Gasteiger charge is 2.17. The van der Waals surface area contributed by atoms with Gasteiger partial charge < -0.3 is 10.3 Å². The Balaban J connectivity index is 2.44. The third kappa shape index (κ3) is 3.18. The predicted octanol–water partition coefficient (Wildman–Crippen LogP) is 2.68. The fourth-order valence-corrected chi connectivity index (χ4v) is 2.23. The van der Waals surface area contributed by atoms with Crippen molar-refractivity contribution in [3.8, 4) is 0 Å². The van der Waals surface area contributed by atoms with Crippen LogP contribution in [-0.4, -0.2) is 21.4 Å². The zero-order valence-electron chi connectivity index (χ0n) is 12.0. The number of anilines is 1. The predicted molar refractivity (Wildman–Crippen MR) is 81.6 cm³/mol. The van der Waals surface area contributed by atoms with Gasteiger partial charge in [0.2, 0.25) is 0 Å². The third-order valence-electron chi connectivity index (χ3n) is 3.69. The molecule has 1 aromatic heterocycles. The maximum Gasteiger partial charge on any atom is 0.293 e. The van der Waals surface area contributed by atoms with Gasteiger partial charge in [-0.3, -0.25) is 14.9 Å². The van der Waals surface area contributed by atoms with E-state index in [1.54, 1.807) is 6.07 Å². The van der Waals surface area contributed by atoms with Gasteiger partial charge in [-0.2, -0.15) is 0 Å². The summed E-state index contributed by atoms with van der Waals surface area (Å²) in [6.45, 7) is 4.83. The average molecular weight is 290 g/mol. The smallest absolute Gasteiger partial charge is 0.293 e. The van der Waals surface area contributed by atoms with E-state index in [2.05, 4.69) is 29.1 Å². The van der Waals surface area contributed by atoms with Gasteiger partial charge in [-0.1, -0.05) is 26.7 Å². The fraction of sp³-hybridized carbons (Fsp3) is 0.429. The van der Waals surface area contributed by atoms with Crippen molar-refractivity contribution in [3.05, 3.63) is 38.9 Å². The lowest BCUT2D eigenvalue weighted by molar-refractivity contribution is -0.383. The molecule has 0 aliphatic carbocycles. The van der Waals surface area contributed by atoms with Crippen molar-refractivity contribution < 1.29 is 4.92 Å². The number of fused-ring (bicyclic) bond motifs is 1. The van der Waals surface area contributed by atoms with E-state index in [-0.39, 0.29) is 16.6 Å². The molecular weight excluding hydrogens is 272 g/mol. The van der Waals surface area contributed by atoms with Crippen LogP contribution >= 0.6 is 0 Å². The van der Waals surface area contributed by atoms with E-state index in [0.717, 1.165) is 12.8 Å². The first-order chi connectivity index (χ1) is 10.1. The molecular formula is C14H18N4O3. The minimum atomic E-state index is -0.485. The molecule has 2 rings (SSSR count). The van der Waals surface area contributed by atoms with Crippen LogP contribution < -0.4 is 10.9 Å². The van der Waals surface area contributed by atoms with Crippen molar-refractivity contribution in [3.63, 3.8) is 0 Å². The molecule has 21 heavy (non-hydrogen) atoms. The Labute approximate surface area is 121 Å². The van der Waals surface area contributed by atoms with Crippen LogP contribution in [0.1, 0.15) is 26.7 Å². The van der Waals surface area contributed by atoms with E-state index in [1.807, 2.05) is 0 Å². The van der Waals surface area contributed by atoms with Crippen LogP contribution in [0.3, 0.4) is 0 Å². The van der Waals surface area contributed by atoms with Crippen molar-refractivity contribution in [2.75, 3.05) is 11.9 Å². The lowest BCUT2D eigenvalue weighted by Crippen LogP contribution is -2.14. The number of hydrogen-bond acceptors (Lipinski definition) is 5. The molecule has 0 spiro atoms. The molecule has 0 saturated carbocycles. The SMILES string of the molecule is CCC(CC)CNc1cc2nc[nH]c(=O)c2cc1[N+](=O)[O-]. The van der Waals surface area contributed by atoms with E-state index in [9.17, 15) is 14.9 Å². The van der Waals surface area contributed by atoms with Crippen LogP contribution in [0.5, 0.6) is 0 Å². The number of H-pyrrole nitrogens is 1. The minimum absolute atomic E-state index is 0.105. The summed E-state index contributed by atoms with van der Waals surface area (Å²) in [4.78, 5) is 28.9. The van der Waals surface area contributed by atoms with Crippen LogP contribution in [0.2, 0.25) is 0 Å². The number of benzene rings is 1. The largest absolute Gasteiger partial charge is 0.379 e. The maximum atomic E-state index is 11.7. The van der Waals surface area contributed by atoms with Crippen molar-refractivity contribution in [2.24, 2.45) is 5.92 Å². The third-order valence-corrected chi connectivity index (χ3v) is 3.69. The van der Waals surface area contributed by atoms with Gasteiger partial charge in [0.15, 0.2) is 0 Å². The standard InChI is InChI=1S/C14H18N4O3/c1-3-9(4-2)7-15-12-6-11-10(5-13(12)18(20)21)14(19)17-8-16-11/h5-6,8-9,15H,3-4,7H2,1-2H3,(H,16,17,19). The Morgan fingerprint density at radius 1 is 1.38 bits per heavy atom. The molecule has 112 valence electrons. The van der Waals surface area contributed by atoms with Gasteiger partial charge >= 0.3 is 0 Å². The monoisotopic (exact) mass is 290 g/mol. The molecule has 0 atom stereocenters. The summed E-state index contributed by atoms with van der Waals surface area (Å²) in [5.74, 6) is 0.451. The quantitative estimate of drug-likeness (QED) is 0.629. The van der Waals surface area contributed by atoms with Gasteiger partial charge in [-0.25, -0.2) is 4.98 Å². The number of nitro benzene ring substituents is 1. The first kappa shape index (κ1) is 15.0. The Bertz CT molecular complexity index is 707. The average Bonchev–Trinajstić information content (AvgIpc) is 2.47. The summed E-state index contributed by atoms with van der Waals surface area (Å²) < 4.78 is 0. The molecule has 0 unspecified atom stereocenters. The number of nitrogens with one attached hydrogen (secondary N) is 2. The second-order valence-corrected chi connectivity index (χ2v) is 4.94. The molecule has 2 aromatic rings. The molecule has 1 aromatic carbocycles. The number of aromatic nitrogens is 2. The Kier molecular flexibility index (Phi) is 4.52. The normalized spacial score (nSPS) is 11.0. The molecule has 0 fully saturated rings. The van der Waals surface area contributed by atoms with E-state index in [0.29, 0.717) is 23.7 Å². The van der Waals surface area contributed by atoms with E-state index in [1.165, 1.54) is 12.4 Å². The minimum Gasteiger partial charge on any atom is -0.379 e. The van der Waals surface area contributed by atoms with Crippen LogP contribution in [0.4, 0.5) is 11.4 Å². The van der Waals surface area contributed by atoms with E-state index in [4.69, 9.17) is 0 Å². The van der Waals surface area contributed by atoms with E-state index >= 15 is 0 Å². The van der Waals surface area contributed by atoms with Gasteiger partial charge in [0.1, 0.15) is 5.69 Å². The molecule has 0 radical (unpaired) electrons. The molecule has 0 aliphatic rings. The van der Waals surface area contributed by atoms with Crippen molar-refractivity contribution in [2.45, 2.75) is 26.7 Å². The van der Waals surface area contributed by atoms with Crippen LogP contribution in [0.25, 0.3) is 10.9 Å². The molecule has 0 bridgehead atoms. The number of hydrogen-bond donors (Lipinski definition) is 2. The topological polar surface area (TPSA) is 101 Å². The summed E-state index contributed by atoms with van der Waals surface area (Å²) in [6.07, 6.45) is 3.30. The van der Waals surface area contributed by atoms with Gasteiger partial charge in [-0.05, 0) is 12.0 Å². The molecule has 7 heteroatoms. The lowest BCUT2D eigenvalue weighted by Gasteiger charge is -2.14. The molecule has 1 heterocycles. The van der Waals surface area contributed by atoms with E-state index < -0.39 is 4.92 Å². The summed E-state index contributed by atoms with van der Waals surface area (Å²) in [6, 6.07) is 2.83. The highest BCUT2D eigenvalue weighted by Crippen LogP contribution is 2.28. The zero-order valence-corrected chi connectivity index (χ0v) is 12.0. The highest BCUT2D eigenvalue weighted by molar-refractivity contribution is 5.86. The first-order valence-electron chi connectivity index (χ1n) is 6.96. The molecule has 2 N–H and O–H groups in total. The number of aromatic amines is 1. The van der Waals surface area contributed by atoms with Gasteiger partial charge in [0, 0.05) is 12.6 Å². The molecule has 0 amide bonds. The van der Waals surface area contributed by atoms with Gasteiger partial charge in [0.05, 0.1) is 22.2 Å². The van der Waals surface area contributed by atoms with Crippen LogP contribution in [0.15, 0.2) is 23.3 Å². The Hall–Kier alpha value is -2.44. The Morgan fingerprint density at radius 3 is 2.71 bits per heavy atom. The summed E-state index contributed by atoms with van der Waals surface area (Å²) >= 11 is 0. The number of rotatable bonds is 6. The summed E-state index contributed by atoms with van der Waals surface area (Å²) in [7, 11) is 0. The van der Waals surface area contributed by atoms with Crippen LogP contribution in [0, 0.1) is 16.0 Å². The first-order valence-corrected chi connectivity index (χ1v) is 6.96. The number of nitrogens with zero attached hydrogens (tertiary/aromatic N) is 2. The fourth-order valence-electron chi connectivity index (χ4n) is 2.23. The highest BCUT2D eigenvalue weighted by atomic mass is 16.6. The summed E-state index contributed by atoms with van der Waals surface area (Å²) in [5, 5.41) is 14.5. The van der Waals surface area contributed by atoms with Gasteiger partial charge in [0.25, 0.3) is 11.2 Å². The van der Waals surface area contributed by atoms with Crippen molar-refractivity contribution >= 4 is 22.3 Å². The Morgan fingerprint density at radius 2 is 2.10 bits per heavy atom. The van der Waals surface area contributed by atoms with Gasteiger partial charge in [-0.15, -0.1) is 0 Å². The summed E-state index contributed by atoms with van der Waals surface area (Å²) in [5.41, 5.74) is 0.357. The number of nitro groups is 1. The second kappa shape index (κ2) is 6.34. The van der Waals surface area contributed by atoms with Crippen LogP contribution in [-0.2, 0) is 0 Å². The lowest BCUT2D eigenvalue weighted by atomic mass is 10.0. The maximum absolute atomic E-state index is 11.7. The van der Waals surface area contributed by atoms with Crippen molar-refractivity contribution in [1.29, 1.82) is 0 Å². The zero-order chi connectivity index (χ0) is 15.4. The van der Waals surface area contributed by atoms with Crippen molar-refractivity contribution in [1.82, 2.24) is 9.97 Å².